The summed E-state index contributed by atoms with van der Waals surface area (Å²) in [5.41, 5.74) is 2.79. The molecule has 0 aromatic heterocycles. The molecular weight excluding hydrogens is 408 g/mol. The number of para-hydroxylation sites is 1. The standard InChI is InChI=1S/C24H28N4O4/c1-4-5-14-28-16(2)20(22(29)32-3)21(27-24(28)31)17-10-9-13-19(15-17)26-23(30)25-18-11-7-6-8-12-18/h6-13,15,21H,4-5,14H2,1-3H3,(H,27,31)(H2,25,26,30). The van der Waals surface area contributed by atoms with Crippen LogP contribution in [0.4, 0.5) is 21.0 Å². The van der Waals surface area contributed by atoms with E-state index in [9.17, 15) is 14.4 Å². The minimum Gasteiger partial charge on any atom is -0.466 e. The van der Waals surface area contributed by atoms with Crippen LogP contribution in [0.3, 0.4) is 0 Å². The van der Waals surface area contributed by atoms with Crippen molar-refractivity contribution < 1.29 is 19.1 Å². The van der Waals surface area contributed by atoms with E-state index in [1.54, 1.807) is 48.2 Å². The van der Waals surface area contributed by atoms with Gasteiger partial charge in [-0.3, -0.25) is 4.90 Å². The first-order chi connectivity index (χ1) is 15.4. The fourth-order valence-electron chi connectivity index (χ4n) is 3.60. The van der Waals surface area contributed by atoms with Crippen molar-refractivity contribution >= 4 is 29.4 Å². The Morgan fingerprint density at radius 3 is 2.44 bits per heavy atom. The molecule has 0 spiro atoms. The van der Waals surface area contributed by atoms with E-state index in [4.69, 9.17) is 4.74 Å². The molecule has 168 valence electrons. The number of nitrogens with zero attached hydrogens (tertiary/aromatic N) is 1. The molecule has 1 atom stereocenters. The van der Waals surface area contributed by atoms with E-state index < -0.39 is 18.0 Å². The zero-order valence-corrected chi connectivity index (χ0v) is 18.5. The van der Waals surface area contributed by atoms with Gasteiger partial charge in [-0.25, -0.2) is 14.4 Å². The Balaban J connectivity index is 1.85. The lowest BCUT2D eigenvalue weighted by atomic mass is 9.94. The number of hydrogen-bond acceptors (Lipinski definition) is 4. The van der Waals surface area contributed by atoms with Crippen LogP contribution >= 0.6 is 0 Å². The maximum absolute atomic E-state index is 12.8. The highest BCUT2D eigenvalue weighted by Crippen LogP contribution is 2.32. The highest BCUT2D eigenvalue weighted by molar-refractivity contribution is 6.00. The van der Waals surface area contributed by atoms with Crippen LogP contribution in [-0.2, 0) is 9.53 Å². The molecule has 3 N–H and O–H groups in total. The SMILES string of the molecule is CCCCN1C(=O)NC(c2cccc(NC(=O)Nc3ccccc3)c2)C(C(=O)OC)=C1C. The lowest BCUT2D eigenvalue weighted by Crippen LogP contribution is -2.48. The molecule has 2 aromatic carbocycles. The van der Waals surface area contributed by atoms with Gasteiger partial charge in [0.1, 0.15) is 0 Å². The highest BCUT2D eigenvalue weighted by atomic mass is 16.5. The summed E-state index contributed by atoms with van der Waals surface area (Å²) in [5.74, 6) is -0.505. The third-order valence-corrected chi connectivity index (χ3v) is 5.25. The van der Waals surface area contributed by atoms with Crippen LogP contribution in [0, 0.1) is 0 Å². The third-order valence-electron chi connectivity index (χ3n) is 5.25. The van der Waals surface area contributed by atoms with Gasteiger partial charge in [-0.05, 0) is 43.2 Å². The summed E-state index contributed by atoms with van der Waals surface area (Å²) in [6.45, 7) is 4.31. The zero-order chi connectivity index (χ0) is 23.1. The summed E-state index contributed by atoms with van der Waals surface area (Å²) in [4.78, 5) is 39.3. The van der Waals surface area contributed by atoms with Gasteiger partial charge in [0.2, 0.25) is 0 Å². The van der Waals surface area contributed by atoms with E-state index >= 15 is 0 Å². The minimum atomic E-state index is -0.688. The van der Waals surface area contributed by atoms with Crippen LogP contribution in [0.5, 0.6) is 0 Å². The quantitative estimate of drug-likeness (QED) is 0.550. The molecule has 0 bridgehead atoms. The number of nitrogens with one attached hydrogen (secondary N) is 3. The Morgan fingerprint density at radius 2 is 1.75 bits per heavy atom. The summed E-state index contributed by atoms with van der Waals surface area (Å²) >= 11 is 0. The van der Waals surface area contributed by atoms with Crippen LogP contribution in [0.2, 0.25) is 0 Å². The maximum atomic E-state index is 12.8. The molecule has 1 aliphatic rings. The molecule has 1 heterocycles. The molecule has 8 heteroatoms. The van der Waals surface area contributed by atoms with Gasteiger partial charge < -0.3 is 20.7 Å². The molecule has 1 unspecified atom stereocenters. The second-order valence-corrected chi connectivity index (χ2v) is 7.45. The molecule has 0 fully saturated rings. The number of rotatable bonds is 7. The minimum absolute atomic E-state index is 0.270. The van der Waals surface area contributed by atoms with Crippen LogP contribution in [0.15, 0.2) is 65.9 Å². The van der Waals surface area contributed by atoms with Gasteiger partial charge in [0, 0.05) is 23.6 Å². The second-order valence-electron chi connectivity index (χ2n) is 7.45. The smallest absolute Gasteiger partial charge is 0.337 e. The molecule has 2 aromatic rings. The molecule has 8 nitrogen and oxygen atoms in total. The number of esters is 1. The highest BCUT2D eigenvalue weighted by Gasteiger charge is 2.36. The summed E-state index contributed by atoms with van der Waals surface area (Å²) < 4.78 is 5.01. The monoisotopic (exact) mass is 436 g/mol. The lowest BCUT2D eigenvalue weighted by Gasteiger charge is -2.35. The van der Waals surface area contributed by atoms with Crippen LogP contribution in [0.25, 0.3) is 0 Å². The third kappa shape index (κ3) is 5.26. The number of allylic oxidation sites excluding steroid dienone is 1. The van der Waals surface area contributed by atoms with Crippen molar-refractivity contribution in [3.63, 3.8) is 0 Å². The fourth-order valence-corrected chi connectivity index (χ4v) is 3.60. The number of unbranched alkanes of at least 4 members (excludes halogenated alkanes) is 1. The van der Waals surface area contributed by atoms with Gasteiger partial charge in [-0.15, -0.1) is 0 Å². The summed E-state index contributed by atoms with van der Waals surface area (Å²) in [6, 6.07) is 14.8. The number of amides is 4. The van der Waals surface area contributed by atoms with Crippen LogP contribution < -0.4 is 16.0 Å². The van der Waals surface area contributed by atoms with Crippen molar-refractivity contribution in [3.05, 3.63) is 71.4 Å². The first-order valence-corrected chi connectivity index (χ1v) is 10.5. The van der Waals surface area contributed by atoms with E-state index in [2.05, 4.69) is 16.0 Å². The molecule has 32 heavy (non-hydrogen) atoms. The molecule has 3 rings (SSSR count). The number of carbonyl (C=O) groups is 3. The van der Waals surface area contributed by atoms with Crippen molar-refractivity contribution in [2.75, 3.05) is 24.3 Å². The average molecular weight is 437 g/mol. The van der Waals surface area contributed by atoms with E-state index in [1.165, 1.54) is 7.11 Å². The van der Waals surface area contributed by atoms with E-state index in [-0.39, 0.29) is 6.03 Å². The number of anilines is 2. The first kappa shape index (κ1) is 22.9. The van der Waals surface area contributed by atoms with Gasteiger partial charge in [-0.1, -0.05) is 43.7 Å². The molecule has 0 radical (unpaired) electrons. The van der Waals surface area contributed by atoms with Crippen LogP contribution in [0.1, 0.15) is 38.3 Å². The predicted molar refractivity (Wildman–Crippen MR) is 123 cm³/mol. The Hall–Kier alpha value is -3.81. The van der Waals surface area contributed by atoms with Gasteiger partial charge in [0.25, 0.3) is 0 Å². The van der Waals surface area contributed by atoms with Gasteiger partial charge >= 0.3 is 18.0 Å². The zero-order valence-electron chi connectivity index (χ0n) is 18.5. The number of hydrogen-bond donors (Lipinski definition) is 3. The lowest BCUT2D eigenvalue weighted by molar-refractivity contribution is -0.136. The summed E-state index contributed by atoms with van der Waals surface area (Å²) in [6.07, 6.45) is 1.74. The maximum Gasteiger partial charge on any atom is 0.337 e. The van der Waals surface area contributed by atoms with Gasteiger partial charge in [0.05, 0.1) is 18.7 Å². The number of carbonyl (C=O) groups excluding carboxylic acids is 3. The first-order valence-electron chi connectivity index (χ1n) is 10.5. The molecule has 4 amide bonds. The largest absolute Gasteiger partial charge is 0.466 e. The van der Waals surface area contributed by atoms with E-state index in [0.717, 1.165) is 12.8 Å². The van der Waals surface area contributed by atoms with Crippen molar-refractivity contribution in [1.82, 2.24) is 10.2 Å². The van der Waals surface area contributed by atoms with Gasteiger partial charge in [0.15, 0.2) is 0 Å². The number of benzene rings is 2. The Labute approximate surface area is 187 Å². The molecular formula is C24H28N4O4. The number of ether oxygens (including phenoxy) is 1. The van der Waals surface area contributed by atoms with Crippen molar-refractivity contribution in [1.29, 1.82) is 0 Å². The summed E-state index contributed by atoms with van der Waals surface area (Å²) in [5, 5.41) is 8.44. The average Bonchev–Trinajstić information content (AvgIpc) is 2.79. The van der Waals surface area contributed by atoms with Crippen LogP contribution in [-0.4, -0.2) is 36.6 Å². The topological polar surface area (TPSA) is 99.8 Å². The van der Waals surface area contributed by atoms with Crippen molar-refractivity contribution in [2.24, 2.45) is 0 Å². The molecule has 1 aliphatic heterocycles. The normalized spacial score (nSPS) is 15.8. The molecule has 0 saturated carbocycles. The van der Waals surface area contributed by atoms with E-state index in [1.807, 2.05) is 25.1 Å². The second kappa shape index (κ2) is 10.5. The predicted octanol–water partition coefficient (Wildman–Crippen LogP) is 4.64. The van der Waals surface area contributed by atoms with E-state index in [0.29, 0.717) is 34.8 Å². The molecule has 0 aliphatic carbocycles. The molecule has 0 saturated heterocycles. The number of methoxy groups -OCH3 is 1. The Morgan fingerprint density at radius 1 is 1.06 bits per heavy atom. The Kier molecular flexibility index (Phi) is 7.49. The Bertz CT molecular complexity index is 1020. The van der Waals surface area contributed by atoms with Crippen molar-refractivity contribution in [2.45, 2.75) is 32.7 Å². The van der Waals surface area contributed by atoms with Crippen molar-refractivity contribution in [3.8, 4) is 0 Å². The summed E-state index contributed by atoms with van der Waals surface area (Å²) in [7, 11) is 1.32. The fraction of sp³-hybridized carbons (Fsp3) is 0.292. The number of urea groups is 2. The van der Waals surface area contributed by atoms with Gasteiger partial charge in [-0.2, -0.15) is 0 Å².